The van der Waals surface area contributed by atoms with Crippen LogP contribution in [0.15, 0.2) is 12.4 Å². The third-order valence-corrected chi connectivity index (χ3v) is 3.31. The number of aromatic nitrogens is 2. The zero-order valence-electron chi connectivity index (χ0n) is 9.42. The molecule has 0 amide bonds. The Morgan fingerprint density at radius 1 is 1.62 bits per heavy atom. The monoisotopic (exact) mass is 229 g/mol. The van der Waals surface area contributed by atoms with Gasteiger partial charge in [-0.05, 0) is 24.9 Å². The molecule has 1 fully saturated rings. The van der Waals surface area contributed by atoms with Crippen molar-refractivity contribution in [3.63, 3.8) is 0 Å². The van der Waals surface area contributed by atoms with E-state index in [1.165, 1.54) is 0 Å². The maximum absolute atomic E-state index is 13.5. The number of hydrogen-bond donors (Lipinski definition) is 1. The fourth-order valence-corrected chi connectivity index (χ4v) is 2.01. The van der Waals surface area contributed by atoms with Gasteiger partial charge in [-0.3, -0.25) is 10.00 Å². The fraction of sp³-hybridized carbons (Fsp3) is 0.727. The Labute approximate surface area is 93.8 Å². The van der Waals surface area contributed by atoms with Crippen LogP contribution in [0, 0.1) is 5.92 Å². The van der Waals surface area contributed by atoms with Gasteiger partial charge in [0.15, 0.2) is 0 Å². The van der Waals surface area contributed by atoms with E-state index in [9.17, 15) is 8.78 Å². The second-order valence-electron chi connectivity index (χ2n) is 4.58. The highest BCUT2D eigenvalue weighted by Crippen LogP contribution is 2.32. The number of piperidine rings is 1. The number of hydrogen-bond acceptors (Lipinski definition) is 2. The molecule has 5 heteroatoms. The molecule has 1 aromatic heterocycles. The predicted molar refractivity (Wildman–Crippen MR) is 57.5 cm³/mol. The minimum atomic E-state index is -2.53. The van der Waals surface area contributed by atoms with Crippen LogP contribution in [-0.2, 0) is 6.42 Å². The highest BCUT2D eigenvalue weighted by atomic mass is 19.3. The first-order chi connectivity index (χ1) is 7.58. The SMILES string of the molecule is C[C@@H]1CCN(CCc2cn[nH]c2)CC1(F)F. The van der Waals surface area contributed by atoms with E-state index in [0.717, 1.165) is 18.5 Å². The minimum absolute atomic E-state index is 0.105. The number of nitrogens with one attached hydrogen (secondary N) is 1. The van der Waals surface area contributed by atoms with Crippen LogP contribution in [0.25, 0.3) is 0 Å². The van der Waals surface area contributed by atoms with Gasteiger partial charge in [-0.2, -0.15) is 5.10 Å². The molecule has 1 aliphatic rings. The van der Waals surface area contributed by atoms with Gasteiger partial charge in [-0.25, -0.2) is 8.78 Å². The second kappa shape index (κ2) is 4.49. The zero-order chi connectivity index (χ0) is 11.6. The van der Waals surface area contributed by atoms with Gasteiger partial charge in [0.05, 0.1) is 12.7 Å². The van der Waals surface area contributed by atoms with Crippen LogP contribution < -0.4 is 0 Å². The van der Waals surface area contributed by atoms with Crippen molar-refractivity contribution in [2.45, 2.75) is 25.7 Å². The van der Waals surface area contributed by atoms with E-state index < -0.39 is 11.8 Å². The summed E-state index contributed by atoms with van der Waals surface area (Å²) < 4.78 is 26.9. The first-order valence-electron chi connectivity index (χ1n) is 5.66. The molecule has 0 radical (unpaired) electrons. The Morgan fingerprint density at radius 3 is 3.06 bits per heavy atom. The van der Waals surface area contributed by atoms with E-state index in [0.29, 0.717) is 13.0 Å². The summed E-state index contributed by atoms with van der Waals surface area (Å²) in [6.07, 6.45) is 4.91. The second-order valence-corrected chi connectivity index (χ2v) is 4.58. The van der Waals surface area contributed by atoms with Crippen molar-refractivity contribution in [2.24, 2.45) is 5.92 Å². The summed E-state index contributed by atoms with van der Waals surface area (Å²) in [5, 5.41) is 6.56. The van der Waals surface area contributed by atoms with Crippen molar-refractivity contribution < 1.29 is 8.78 Å². The Kier molecular flexibility index (Phi) is 3.23. The third-order valence-electron chi connectivity index (χ3n) is 3.31. The highest BCUT2D eigenvalue weighted by molar-refractivity contribution is 5.03. The van der Waals surface area contributed by atoms with E-state index in [4.69, 9.17) is 0 Å². The molecule has 90 valence electrons. The Hall–Kier alpha value is -0.970. The summed E-state index contributed by atoms with van der Waals surface area (Å²) in [5.74, 6) is -3.02. The molecule has 3 nitrogen and oxygen atoms in total. The van der Waals surface area contributed by atoms with Crippen molar-refractivity contribution in [3.8, 4) is 0 Å². The molecular formula is C11H17F2N3. The lowest BCUT2D eigenvalue weighted by Crippen LogP contribution is -2.48. The first kappa shape index (κ1) is 11.5. The summed E-state index contributed by atoms with van der Waals surface area (Å²) in [5.41, 5.74) is 1.07. The molecule has 0 saturated carbocycles. The highest BCUT2D eigenvalue weighted by Gasteiger charge is 2.41. The molecule has 0 aromatic carbocycles. The number of H-pyrrole nitrogens is 1. The smallest absolute Gasteiger partial charge is 0.263 e. The summed E-state index contributed by atoms with van der Waals surface area (Å²) in [4.78, 5) is 1.84. The third kappa shape index (κ3) is 2.58. The van der Waals surface area contributed by atoms with Crippen LogP contribution >= 0.6 is 0 Å². The summed E-state index contributed by atoms with van der Waals surface area (Å²) in [7, 11) is 0. The molecule has 0 unspecified atom stereocenters. The molecular weight excluding hydrogens is 212 g/mol. The maximum atomic E-state index is 13.5. The number of nitrogens with zero attached hydrogens (tertiary/aromatic N) is 2. The van der Waals surface area contributed by atoms with Crippen LogP contribution in [0.4, 0.5) is 8.78 Å². The summed E-state index contributed by atoms with van der Waals surface area (Å²) in [6, 6.07) is 0. The predicted octanol–water partition coefficient (Wildman–Crippen LogP) is 1.93. The average Bonchev–Trinajstić information content (AvgIpc) is 2.72. The molecule has 1 atom stereocenters. The molecule has 2 rings (SSSR count). The van der Waals surface area contributed by atoms with Crippen molar-refractivity contribution in [3.05, 3.63) is 18.0 Å². The van der Waals surface area contributed by atoms with E-state index in [-0.39, 0.29) is 6.54 Å². The molecule has 1 aliphatic heterocycles. The summed E-state index contributed by atoms with van der Waals surface area (Å²) in [6.45, 7) is 2.98. The number of likely N-dealkylation sites (tertiary alicyclic amines) is 1. The largest absolute Gasteiger partial charge is 0.297 e. The number of aromatic amines is 1. The first-order valence-corrected chi connectivity index (χ1v) is 5.66. The number of rotatable bonds is 3. The van der Waals surface area contributed by atoms with Gasteiger partial charge in [0.2, 0.25) is 0 Å². The Morgan fingerprint density at radius 2 is 2.44 bits per heavy atom. The topological polar surface area (TPSA) is 31.9 Å². The van der Waals surface area contributed by atoms with E-state index >= 15 is 0 Å². The normalized spacial score (nSPS) is 25.8. The molecule has 16 heavy (non-hydrogen) atoms. The molecule has 1 aromatic rings. The standard InChI is InChI=1S/C11H17F2N3/c1-9-2-4-16(8-11(9,12)13)5-3-10-6-14-15-7-10/h6-7,9H,2-5,8H2,1H3,(H,14,15)/t9-/m1/s1. The fourth-order valence-electron chi connectivity index (χ4n) is 2.01. The lowest BCUT2D eigenvalue weighted by atomic mass is 9.95. The van der Waals surface area contributed by atoms with Gasteiger partial charge in [-0.1, -0.05) is 6.92 Å². The van der Waals surface area contributed by atoms with Gasteiger partial charge in [0.25, 0.3) is 5.92 Å². The Balaban J connectivity index is 1.83. The molecule has 2 heterocycles. The van der Waals surface area contributed by atoms with Crippen LogP contribution in [0.2, 0.25) is 0 Å². The van der Waals surface area contributed by atoms with Gasteiger partial charge >= 0.3 is 0 Å². The van der Waals surface area contributed by atoms with Crippen LogP contribution in [0.1, 0.15) is 18.9 Å². The zero-order valence-corrected chi connectivity index (χ0v) is 9.42. The van der Waals surface area contributed by atoms with Crippen LogP contribution in [-0.4, -0.2) is 40.7 Å². The maximum Gasteiger partial charge on any atom is 0.263 e. The molecule has 1 N–H and O–H groups in total. The quantitative estimate of drug-likeness (QED) is 0.858. The van der Waals surface area contributed by atoms with Crippen LogP contribution in [0.3, 0.4) is 0 Å². The molecule has 0 spiro atoms. The number of halogens is 2. The lowest BCUT2D eigenvalue weighted by molar-refractivity contribution is -0.104. The lowest BCUT2D eigenvalue weighted by Gasteiger charge is -2.36. The Bertz CT molecular complexity index is 324. The van der Waals surface area contributed by atoms with Crippen molar-refractivity contribution in [2.75, 3.05) is 19.6 Å². The van der Waals surface area contributed by atoms with Gasteiger partial charge in [0.1, 0.15) is 0 Å². The summed E-state index contributed by atoms with van der Waals surface area (Å²) >= 11 is 0. The molecule has 0 aliphatic carbocycles. The minimum Gasteiger partial charge on any atom is -0.297 e. The molecule has 0 bridgehead atoms. The van der Waals surface area contributed by atoms with E-state index in [2.05, 4.69) is 10.2 Å². The average molecular weight is 229 g/mol. The van der Waals surface area contributed by atoms with Crippen molar-refractivity contribution >= 4 is 0 Å². The van der Waals surface area contributed by atoms with Gasteiger partial charge < -0.3 is 0 Å². The molecule has 1 saturated heterocycles. The van der Waals surface area contributed by atoms with E-state index in [1.54, 1.807) is 13.1 Å². The van der Waals surface area contributed by atoms with Crippen molar-refractivity contribution in [1.29, 1.82) is 0 Å². The van der Waals surface area contributed by atoms with Crippen LogP contribution in [0.5, 0.6) is 0 Å². The van der Waals surface area contributed by atoms with Gasteiger partial charge in [0, 0.05) is 18.7 Å². The van der Waals surface area contributed by atoms with Crippen molar-refractivity contribution in [1.82, 2.24) is 15.1 Å². The number of alkyl halides is 2. The van der Waals surface area contributed by atoms with Gasteiger partial charge in [-0.15, -0.1) is 0 Å². The van der Waals surface area contributed by atoms with E-state index in [1.807, 2.05) is 11.1 Å².